The third kappa shape index (κ3) is 6.76. The second-order valence-corrected chi connectivity index (χ2v) is 9.79. The number of esters is 1. The molecule has 0 aromatic heterocycles. The largest absolute Gasteiger partial charge is 0.502 e. The summed E-state index contributed by atoms with van der Waals surface area (Å²) in [4.78, 5) is 23.8. The average molecular weight is 613 g/mol. The molecule has 2 aromatic rings. The molecule has 0 saturated carbocycles. The fourth-order valence-corrected chi connectivity index (χ4v) is 4.44. The summed E-state index contributed by atoms with van der Waals surface area (Å²) in [5.41, 5.74) is -2.30. The van der Waals surface area contributed by atoms with E-state index in [1.807, 2.05) is 0 Å². The minimum Gasteiger partial charge on any atom is -0.502 e. The molecule has 4 rings (SSSR count). The first kappa shape index (κ1) is 32.2. The van der Waals surface area contributed by atoms with E-state index in [0.717, 1.165) is 0 Å². The molecule has 0 aliphatic carbocycles. The van der Waals surface area contributed by atoms with Crippen molar-refractivity contribution >= 4 is 11.9 Å². The van der Waals surface area contributed by atoms with Crippen LogP contribution in [0.25, 0.3) is 0 Å². The maximum atomic E-state index is 12.7. The second-order valence-electron chi connectivity index (χ2n) is 9.79. The van der Waals surface area contributed by atoms with Gasteiger partial charge in [-0.15, -0.1) is 0 Å². The lowest BCUT2D eigenvalue weighted by Gasteiger charge is -2.42. The fraction of sp³-hybridized carbons (Fsp3) is 0.481. The maximum absolute atomic E-state index is 12.7. The smallest absolute Gasteiger partial charge is 0.338 e. The van der Waals surface area contributed by atoms with Gasteiger partial charge in [0.05, 0.1) is 38.6 Å². The Morgan fingerprint density at radius 3 is 2.16 bits per heavy atom. The summed E-state index contributed by atoms with van der Waals surface area (Å²) >= 11 is 0. The summed E-state index contributed by atoms with van der Waals surface area (Å²) < 4.78 is 37.5. The van der Waals surface area contributed by atoms with E-state index in [-0.39, 0.29) is 34.1 Å². The minimum absolute atomic E-state index is 0.0282. The summed E-state index contributed by atoms with van der Waals surface area (Å²) in [7, 11) is 2.53. The van der Waals surface area contributed by atoms with Crippen LogP contribution in [0, 0.1) is 0 Å². The number of carbonyl (C=O) groups is 2. The van der Waals surface area contributed by atoms with Crippen LogP contribution in [0.15, 0.2) is 36.4 Å². The molecule has 16 heteroatoms. The summed E-state index contributed by atoms with van der Waals surface area (Å²) in [6.45, 7) is -2.05. The number of hydrogen-bond acceptors (Lipinski definition) is 15. The second kappa shape index (κ2) is 13.3. The summed E-state index contributed by atoms with van der Waals surface area (Å²) in [5.74, 6) is -2.54. The molecule has 7 N–H and O–H groups in total. The van der Waals surface area contributed by atoms with Crippen LogP contribution < -0.4 is 14.2 Å². The Balaban J connectivity index is 1.45. The van der Waals surface area contributed by atoms with Gasteiger partial charge in [-0.05, 0) is 36.4 Å². The predicted octanol–water partition coefficient (Wildman–Crippen LogP) is -1.38. The van der Waals surface area contributed by atoms with E-state index in [9.17, 15) is 40.2 Å². The number of phenols is 1. The first-order valence-corrected chi connectivity index (χ1v) is 12.8. The van der Waals surface area contributed by atoms with Crippen molar-refractivity contribution in [3.05, 3.63) is 47.5 Å². The number of carboxylic acids is 1. The molecule has 2 aliphatic heterocycles. The molecule has 0 unspecified atom stereocenters. The maximum Gasteiger partial charge on any atom is 0.338 e. The molecule has 43 heavy (non-hydrogen) atoms. The molecule has 2 fully saturated rings. The standard InChI is InChI=1S/C27H32O16/c1-37-15-7-13(8-16(38-2)18(15)29)24(35)39-10-27(36)11-40-26(22(27)32)43-21-20(31)19(30)17(9-28)42-25(21)41-14-5-3-12(4-6-14)23(33)34/h3-8,17,19-22,25-26,28-32,36H,9-11H2,1-2H3,(H,33,34)/t17-,19-,20+,21-,22+,25-,26+,27-/m1/s1. The lowest BCUT2D eigenvalue weighted by atomic mass is 9.98. The number of benzene rings is 2. The Morgan fingerprint density at radius 2 is 1.60 bits per heavy atom. The lowest BCUT2D eigenvalue weighted by molar-refractivity contribution is -0.318. The first-order chi connectivity index (χ1) is 20.4. The third-order valence-electron chi connectivity index (χ3n) is 6.94. The van der Waals surface area contributed by atoms with Gasteiger partial charge in [0, 0.05) is 0 Å². The molecular formula is C27H32O16. The first-order valence-electron chi connectivity index (χ1n) is 12.8. The number of aromatic hydroxyl groups is 1. The van der Waals surface area contributed by atoms with Crippen LogP contribution in [0.1, 0.15) is 20.7 Å². The van der Waals surface area contributed by atoms with E-state index < -0.39 is 80.5 Å². The van der Waals surface area contributed by atoms with Crippen LogP contribution in [0.2, 0.25) is 0 Å². The lowest BCUT2D eigenvalue weighted by Crippen LogP contribution is -2.62. The molecule has 8 atom stereocenters. The monoisotopic (exact) mass is 612 g/mol. The molecule has 2 heterocycles. The molecule has 0 amide bonds. The van der Waals surface area contributed by atoms with Gasteiger partial charge in [0.2, 0.25) is 12.0 Å². The van der Waals surface area contributed by atoms with Crippen molar-refractivity contribution in [3.63, 3.8) is 0 Å². The van der Waals surface area contributed by atoms with Gasteiger partial charge >= 0.3 is 11.9 Å². The highest BCUT2D eigenvalue weighted by Gasteiger charge is 2.54. The van der Waals surface area contributed by atoms with Crippen molar-refractivity contribution in [1.82, 2.24) is 0 Å². The van der Waals surface area contributed by atoms with Crippen LogP contribution in [-0.4, -0.2) is 130 Å². The van der Waals surface area contributed by atoms with Crippen LogP contribution in [0.4, 0.5) is 0 Å². The van der Waals surface area contributed by atoms with E-state index in [4.69, 9.17) is 38.3 Å². The minimum atomic E-state index is -2.18. The van der Waals surface area contributed by atoms with Crippen LogP contribution in [-0.2, 0) is 18.9 Å². The SMILES string of the molecule is COc1cc(C(=O)OC[C@@]2(O)CO[C@@H](O[C@H]3[C@H](Oc4ccc(C(=O)O)cc4)O[C@H](CO)[C@@H](O)[C@@H]3O)[C@@H]2O)cc(OC)c1O. The molecule has 236 valence electrons. The highest BCUT2D eigenvalue weighted by Crippen LogP contribution is 2.38. The molecule has 2 aliphatic rings. The number of aliphatic hydroxyl groups is 5. The van der Waals surface area contributed by atoms with Crippen molar-refractivity contribution in [3.8, 4) is 23.0 Å². The predicted molar refractivity (Wildman–Crippen MR) is 139 cm³/mol. The van der Waals surface area contributed by atoms with Crippen molar-refractivity contribution < 1.29 is 78.5 Å². The van der Waals surface area contributed by atoms with Gasteiger partial charge in [-0.1, -0.05) is 0 Å². The molecule has 0 radical (unpaired) electrons. The Hall–Kier alpha value is -3.74. The van der Waals surface area contributed by atoms with E-state index in [2.05, 4.69) is 0 Å². The van der Waals surface area contributed by atoms with E-state index >= 15 is 0 Å². The van der Waals surface area contributed by atoms with Crippen molar-refractivity contribution in [2.24, 2.45) is 0 Å². The molecule has 2 aromatic carbocycles. The summed E-state index contributed by atoms with van der Waals surface area (Å²) in [5, 5.41) is 71.7. The van der Waals surface area contributed by atoms with Crippen molar-refractivity contribution in [2.75, 3.05) is 34.0 Å². The zero-order valence-electron chi connectivity index (χ0n) is 22.9. The number of ether oxygens (including phenoxy) is 7. The molecule has 0 spiro atoms. The fourth-order valence-electron chi connectivity index (χ4n) is 4.44. The number of methoxy groups -OCH3 is 2. The molecular weight excluding hydrogens is 580 g/mol. The van der Waals surface area contributed by atoms with Gasteiger partial charge in [0.15, 0.2) is 29.5 Å². The molecule has 16 nitrogen and oxygen atoms in total. The van der Waals surface area contributed by atoms with Crippen LogP contribution in [0.5, 0.6) is 23.0 Å². The van der Waals surface area contributed by atoms with Gasteiger partial charge in [-0.3, -0.25) is 0 Å². The number of phenolic OH excluding ortho intramolecular Hbond substituents is 1. The Morgan fingerprint density at radius 1 is 0.977 bits per heavy atom. The van der Waals surface area contributed by atoms with Crippen LogP contribution >= 0.6 is 0 Å². The van der Waals surface area contributed by atoms with Gasteiger partial charge in [-0.2, -0.15) is 0 Å². The molecule has 2 saturated heterocycles. The van der Waals surface area contributed by atoms with Crippen molar-refractivity contribution in [1.29, 1.82) is 0 Å². The van der Waals surface area contributed by atoms with E-state index in [0.29, 0.717) is 0 Å². The van der Waals surface area contributed by atoms with Gasteiger partial charge in [0.25, 0.3) is 0 Å². The third-order valence-corrected chi connectivity index (χ3v) is 6.94. The Bertz CT molecular complexity index is 1260. The average Bonchev–Trinajstić information content (AvgIpc) is 3.28. The summed E-state index contributed by atoms with van der Waals surface area (Å²) in [6.07, 6.45) is -11.2. The number of hydrogen-bond donors (Lipinski definition) is 7. The van der Waals surface area contributed by atoms with E-state index in [1.165, 1.54) is 50.6 Å². The zero-order chi connectivity index (χ0) is 31.5. The number of carbonyl (C=O) groups excluding carboxylic acids is 1. The highest BCUT2D eigenvalue weighted by molar-refractivity contribution is 5.91. The number of rotatable bonds is 11. The normalized spacial score (nSPS) is 30.4. The molecule has 0 bridgehead atoms. The number of aromatic carboxylic acids is 1. The summed E-state index contributed by atoms with van der Waals surface area (Å²) in [6, 6.07) is 7.48. The number of aliphatic hydroxyl groups excluding tert-OH is 4. The topological polar surface area (TPSA) is 240 Å². The Kier molecular flexibility index (Phi) is 9.93. The van der Waals surface area contributed by atoms with Gasteiger partial charge in [0.1, 0.15) is 36.8 Å². The number of carboxylic acid groups (broad SMARTS) is 1. The van der Waals surface area contributed by atoms with Crippen molar-refractivity contribution in [2.45, 2.75) is 48.7 Å². The Labute approximate surface area is 244 Å². The van der Waals surface area contributed by atoms with E-state index in [1.54, 1.807) is 0 Å². The van der Waals surface area contributed by atoms with Gasteiger partial charge < -0.3 is 68.9 Å². The zero-order valence-corrected chi connectivity index (χ0v) is 22.9. The van der Waals surface area contributed by atoms with Crippen LogP contribution in [0.3, 0.4) is 0 Å². The highest BCUT2D eigenvalue weighted by atomic mass is 16.8. The quantitative estimate of drug-likeness (QED) is 0.145. The van der Waals surface area contributed by atoms with Gasteiger partial charge in [-0.25, -0.2) is 9.59 Å².